The molecular formula is C14H19ClN2O. The van der Waals surface area contributed by atoms with Gasteiger partial charge in [0, 0.05) is 24.2 Å². The van der Waals surface area contributed by atoms with Crippen LogP contribution in [0.1, 0.15) is 24.3 Å². The average Bonchev–Trinajstić information content (AvgIpc) is 2.34. The third-order valence-corrected chi connectivity index (χ3v) is 4.07. The van der Waals surface area contributed by atoms with Gasteiger partial charge < -0.3 is 4.74 Å². The van der Waals surface area contributed by atoms with Crippen molar-refractivity contribution < 1.29 is 4.74 Å². The van der Waals surface area contributed by atoms with Crippen LogP contribution in [0.3, 0.4) is 0 Å². The van der Waals surface area contributed by atoms with Crippen LogP contribution in [0.2, 0.25) is 5.02 Å². The lowest BCUT2D eigenvalue weighted by Gasteiger charge is -2.40. The Morgan fingerprint density at radius 3 is 2.72 bits per heavy atom. The fraction of sp³-hybridized carbons (Fsp3) is 0.571. The fourth-order valence-corrected chi connectivity index (χ4v) is 2.91. The van der Waals surface area contributed by atoms with E-state index in [9.17, 15) is 0 Å². The van der Waals surface area contributed by atoms with Crippen molar-refractivity contribution >= 4 is 11.6 Å². The molecule has 1 aliphatic carbocycles. The molecule has 1 aromatic carbocycles. The van der Waals surface area contributed by atoms with Crippen LogP contribution in [0.5, 0.6) is 0 Å². The Balaban J connectivity index is 1.48. The third kappa shape index (κ3) is 2.86. The van der Waals surface area contributed by atoms with E-state index in [2.05, 4.69) is 22.6 Å². The molecule has 98 valence electrons. The molecule has 1 aromatic rings. The maximum absolute atomic E-state index is 6.02. The molecule has 0 unspecified atom stereocenters. The Bertz CT molecular complexity index is 401. The minimum atomic E-state index is 0.618. The second kappa shape index (κ2) is 5.57. The van der Waals surface area contributed by atoms with Crippen molar-refractivity contribution in [1.29, 1.82) is 0 Å². The Morgan fingerprint density at radius 2 is 2.00 bits per heavy atom. The molecule has 1 N–H and O–H groups in total. The van der Waals surface area contributed by atoms with Crippen molar-refractivity contribution in [3.63, 3.8) is 0 Å². The van der Waals surface area contributed by atoms with Gasteiger partial charge in [0.2, 0.25) is 0 Å². The average molecular weight is 267 g/mol. The zero-order valence-corrected chi connectivity index (χ0v) is 11.2. The van der Waals surface area contributed by atoms with E-state index in [4.69, 9.17) is 16.3 Å². The number of hydrazine groups is 1. The molecule has 0 bridgehead atoms. The highest BCUT2D eigenvalue weighted by Gasteiger charge is 2.31. The quantitative estimate of drug-likeness (QED) is 0.909. The van der Waals surface area contributed by atoms with Gasteiger partial charge in [-0.3, -0.25) is 5.43 Å². The molecule has 2 aliphatic rings. The lowest BCUT2D eigenvalue weighted by Crippen LogP contribution is -2.53. The topological polar surface area (TPSA) is 24.5 Å². The predicted octanol–water partition coefficient (Wildman–Crippen LogP) is 2.42. The summed E-state index contributed by atoms with van der Waals surface area (Å²) in [5, 5.41) is 3.14. The summed E-state index contributed by atoms with van der Waals surface area (Å²) in [6, 6.07) is 8.87. The number of ether oxygens (including phenoxy) is 1. The summed E-state index contributed by atoms with van der Waals surface area (Å²) in [5.41, 5.74) is 4.97. The van der Waals surface area contributed by atoms with E-state index >= 15 is 0 Å². The molecule has 1 aliphatic heterocycles. The van der Waals surface area contributed by atoms with Crippen molar-refractivity contribution in [1.82, 2.24) is 10.4 Å². The van der Waals surface area contributed by atoms with Crippen molar-refractivity contribution in [2.45, 2.75) is 24.8 Å². The molecule has 1 heterocycles. The second-order valence-corrected chi connectivity index (χ2v) is 5.59. The van der Waals surface area contributed by atoms with Crippen molar-refractivity contribution in [2.24, 2.45) is 0 Å². The summed E-state index contributed by atoms with van der Waals surface area (Å²) in [5.74, 6) is 0.669. The Hall–Kier alpha value is -0.610. The normalized spacial score (nSPS) is 28.9. The van der Waals surface area contributed by atoms with E-state index in [0.29, 0.717) is 12.0 Å². The minimum Gasteiger partial charge on any atom is -0.379 e. The van der Waals surface area contributed by atoms with Crippen LogP contribution < -0.4 is 5.43 Å². The highest BCUT2D eigenvalue weighted by atomic mass is 35.5. The summed E-state index contributed by atoms with van der Waals surface area (Å²) in [7, 11) is 0. The zero-order chi connectivity index (χ0) is 12.4. The molecule has 0 radical (unpaired) electrons. The Kier molecular flexibility index (Phi) is 3.85. The molecule has 0 atom stereocenters. The molecule has 3 rings (SSSR count). The number of rotatable bonds is 3. The number of halogens is 1. The van der Waals surface area contributed by atoms with Gasteiger partial charge in [-0.05, 0) is 36.5 Å². The maximum Gasteiger partial charge on any atom is 0.0608 e. The zero-order valence-electron chi connectivity index (χ0n) is 10.4. The maximum atomic E-state index is 6.02. The van der Waals surface area contributed by atoms with E-state index in [0.717, 1.165) is 31.3 Å². The highest BCUT2D eigenvalue weighted by molar-refractivity contribution is 6.30. The van der Waals surface area contributed by atoms with Crippen LogP contribution in [0.15, 0.2) is 24.3 Å². The largest absolute Gasteiger partial charge is 0.379 e. The first kappa shape index (κ1) is 12.4. The fourth-order valence-electron chi connectivity index (χ4n) is 2.71. The summed E-state index contributed by atoms with van der Waals surface area (Å²) in [6.45, 7) is 3.69. The van der Waals surface area contributed by atoms with Gasteiger partial charge in [-0.15, -0.1) is 0 Å². The molecule has 0 amide bonds. The molecule has 4 heteroatoms. The van der Waals surface area contributed by atoms with Crippen LogP contribution in [0.25, 0.3) is 0 Å². The van der Waals surface area contributed by atoms with Crippen LogP contribution >= 0.6 is 11.6 Å². The lowest BCUT2D eigenvalue weighted by molar-refractivity contribution is -0.00620. The van der Waals surface area contributed by atoms with Crippen LogP contribution in [0, 0.1) is 0 Å². The van der Waals surface area contributed by atoms with Gasteiger partial charge in [0.25, 0.3) is 0 Å². The van der Waals surface area contributed by atoms with Crippen molar-refractivity contribution in [2.75, 3.05) is 26.3 Å². The summed E-state index contributed by atoms with van der Waals surface area (Å²) < 4.78 is 5.34. The number of nitrogens with zero attached hydrogens (tertiary/aromatic N) is 1. The van der Waals surface area contributed by atoms with Gasteiger partial charge in [-0.1, -0.05) is 23.7 Å². The van der Waals surface area contributed by atoms with Gasteiger partial charge >= 0.3 is 0 Å². The molecule has 1 saturated carbocycles. The van der Waals surface area contributed by atoms with E-state index < -0.39 is 0 Å². The second-order valence-electron chi connectivity index (χ2n) is 5.15. The van der Waals surface area contributed by atoms with Crippen LogP contribution in [-0.4, -0.2) is 37.4 Å². The molecule has 0 aromatic heterocycles. The standard InChI is InChI=1S/C14H19ClN2O/c15-13-3-1-2-11(8-13)12-9-14(10-12)16-17-4-6-18-7-5-17/h1-3,8,12,14,16H,4-7,9-10H2. The first-order valence-corrected chi connectivity index (χ1v) is 7.03. The summed E-state index contributed by atoms with van der Waals surface area (Å²) in [4.78, 5) is 0. The lowest BCUT2D eigenvalue weighted by atomic mass is 9.76. The molecular weight excluding hydrogens is 248 g/mol. The summed E-state index contributed by atoms with van der Waals surface area (Å²) in [6.07, 6.45) is 2.41. The van der Waals surface area contributed by atoms with Crippen molar-refractivity contribution in [3.05, 3.63) is 34.9 Å². The van der Waals surface area contributed by atoms with E-state index in [1.165, 1.54) is 18.4 Å². The van der Waals surface area contributed by atoms with Crippen LogP contribution in [0.4, 0.5) is 0 Å². The molecule has 18 heavy (non-hydrogen) atoms. The minimum absolute atomic E-state index is 0.618. The first-order chi connectivity index (χ1) is 8.81. The van der Waals surface area contributed by atoms with E-state index in [1.807, 2.05) is 12.1 Å². The molecule has 2 fully saturated rings. The van der Waals surface area contributed by atoms with Gasteiger partial charge in [0.15, 0.2) is 0 Å². The first-order valence-electron chi connectivity index (χ1n) is 6.65. The Labute approximate surface area is 113 Å². The monoisotopic (exact) mass is 266 g/mol. The number of benzene rings is 1. The molecule has 1 saturated heterocycles. The SMILES string of the molecule is Clc1cccc(C2CC(NN3CCOCC3)C2)c1. The number of hydrogen-bond donors (Lipinski definition) is 1. The van der Waals surface area contributed by atoms with Gasteiger partial charge in [-0.25, -0.2) is 5.01 Å². The number of hydrogen-bond acceptors (Lipinski definition) is 3. The molecule has 3 nitrogen and oxygen atoms in total. The van der Waals surface area contributed by atoms with Gasteiger partial charge in [0.05, 0.1) is 13.2 Å². The number of nitrogens with one attached hydrogen (secondary N) is 1. The van der Waals surface area contributed by atoms with Crippen LogP contribution in [-0.2, 0) is 4.74 Å². The predicted molar refractivity (Wildman–Crippen MR) is 72.7 cm³/mol. The third-order valence-electron chi connectivity index (χ3n) is 3.83. The van der Waals surface area contributed by atoms with E-state index in [-0.39, 0.29) is 0 Å². The van der Waals surface area contributed by atoms with E-state index in [1.54, 1.807) is 0 Å². The summed E-state index contributed by atoms with van der Waals surface area (Å²) >= 11 is 6.02. The van der Waals surface area contributed by atoms with Gasteiger partial charge in [0.1, 0.15) is 0 Å². The smallest absolute Gasteiger partial charge is 0.0608 e. The highest BCUT2D eigenvalue weighted by Crippen LogP contribution is 2.37. The number of morpholine rings is 1. The van der Waals surface area contributed by atoms with Gasteiger partial charge in [-0.2, -0.15) is 0 Å². The Morgan fingerprint density at radius 1 is 1.22 bits per heavy atom. The van der Waals surface area contributed by atoms with Crippen molar-refractivity contribution in [3.8, 4) is 0 Å². The molecule has 0 spiro atoms.